The number of carbonyl (C=O) groups is 9. The monoisotopic (exact) mass is 1590 g/mol. The summed E-state index contributed by atoms with van der Waals surface area (Å²) in [5, 5.41) is 245. The van der Waals surface area contributed by atoms with Crippen molar-refractivity contribution < 1.29 is 225 Å². The zero-order valence-electron chi connectivity index (χ0n) is 52.3. The second-order valence-electron chi connectivity index (χ2n) is 20.4. The molecule has 0 saturated heterocycles. The van der Waals surface area contributed by atoms with Crippen molar-refractivity contribution in [1.82, 2.24) is 35.1 Å². The topological polar surface area (TPSA) is 786 Å². The molecule has 16 atom stereocenters. The van der Waals surface area contributed by atoms with Crippen LogP contribution in [0.1, 0.15) is 0 Å². The van der Waals surface area contributed by atoms with Crippen LogP contribution in [0.4, 0.5) is 0 Å². The number of carbonyl (C=O) groups excluding carboxylic acids is 9. The van der Waals surface area contributed by atoms with E-state index in [1.165, 1.54) is 0 Å². The van der Waals surface area contributed by atoms with Crippen molar-refractivity contribution in [2.75, 3.05) is 138 Å². The first-order valence-corrected chi connectivity index (χ1v) is 28.5. The van der Waals surface area contributed by atoms with Crippen molar-refractivity contribution in [2.24, 2.45) is 20.6 Å². The molecule has 0 bridgehead atoms. The molecule has 0 aliphatic carbocycles. The Hall–Kier alpha value is -6.13. The van der Waals surface area contributed by atoms with Crippen LogP contribution in [-0.4, -0.2) is 446 Å². The van der Waals surface area contributed by atoms with E-state index < -0.39 is 289 Å². The number of nitrogens with zero attached hydrogens (tertiary/aromatic N) is 9. The summed E-state index contributed by atoms with van der Waals surface area (Å²) in [4.78, 5) is 137. The number of aliphatic carboxylic acids is 3. The summed E-state index contributed by atoms with van der Waals surface area (Å²) in [7, 11) is 0. The van der Waals surface area contributed by atoms with Crippen molar-refractivity contribution in [1.29, 1.82) is 0 Å². The van der Waals surface area contributed by atoms with Crippen LogP contribution in [0.5, 0.6) is 0 Å². The van der Waals surface area contributed by atoms with Gasteiger partial charge in [-0.3, -0.25) is 53.3 Å². The zero-order valence-corrected chi connectivity index (χ0v) is 54.5. The van der Waals surface area contributed by atoms with Crippen molar-refractivity contribution >= 4 is 78.2 Å². The average molecular weight is 1590 g/mol. The fourth-order valence-corrected chi connectivity index (χ4v) is 7.33. The Bertz CT molecular complexity index is 2240. The van der Waals surface area contributed by atoms with Crippen LogP contribution in [0.2, 0.25) is 0 Å². The Kier molecular flexibility index (Phi) is 52.6. The summed E-state index contributed by atoms with van der Waals surface area (Å²) in [6.07, 6.45) is -31.1. The van der Waals surface area contributed by atoms with Crippen molar-refractivity contribution in [2.45, 2.75) is 97.7 Å². The van der Waals surface area contributed by atoms with Crippen molar-refractivity contribution in [3.05, 3.63) is 0 Å². The molecule has 0 aliphatic rings. The van der Waals surface area contributed by atoms with E-state index in [-0.39, 0.29) is 45.4 Å². The normalized spacial score (nSPS) is 16.7. The van der Waals surface area contributed by atoms with Gasteiger partial charge >= 0.3 is 39.9 Å². The number of rotatable bonds is 54. The minimum Gasteiger partial charge on any atom is -0.549 e. The maximum absolute atomic E-state index is 13.2. The van der Waals surface area contributed by atoms with E-state index in [1.54, 1.807) is 0 Å². The number of carboxylic acid groups (broad SMARTS) is 3. The Morgan fingerprint density at radius 2 is 0.556 bits per heavy atom. The van der Waals surface area contributed by atoms with Gasteiger partial charge in [-0.25, -0.2) is 0 Å². The van der Waals surface area contributed by atoms with Gasteiger partial charge in [-0.1, -0.05) is 20.6 Å². The molecule has 99 heavy (non-hydrogen) atoms. The zero-order chi connectivity index (χ0) is 74.1. The fourth-order valence-electron chi connectivity index (χ4n) is 7.33. The summed E-state index contributed by atoms with van der Waals surface area (Å²) < 4.78 is 0. The van der Waals surface area contributed by atoms with Gasteiger partial charge in [0.2, 0.25) is 11.8 Å². The average Bonchev–Trinajstić information content (AvgIpc) is 0.948. The molecule has 6 amide bonds. The van der Waals surface area contributed by atoms with Crippen LogP contribution in [0.3, 0.4) is 0 Å². The first-order chi connectivity index (χ1) is 45.6. The first-order valence-electron chi connectivity index (χ1n) is 28.5. The number of aliphatic hydroxyl groups excluding tert-OH is 20. The molecule has 24 N–H and O–H groups in total. The molecule has 0 saturated carbocycles. The number of imide groups is 2. The SMILES string of the molecule is O.O=C([O-])CN(CCN(CC(=O)[O-])CC(=O)NCCN(C(=O)CO/N=C/C(O)C(O)[C@H](O)C(O)CO)C(=O)CO/N=C/C(O)[C@H](O)[C@H](O)C(O)CO)CCN(CC(=O)[O-])CC(=O)NCCN(C(=O)CO/N=C/C(O)C(O)[C@H](O)C(O)CO)C(=O)CO/N=C/C(O)[C@H](O)[C@@H](O)C(O)CO.[Gd+3]. The van der Waals surface area contributed by atoms with Crippen LogP contribution in [0, 0.1) is 39.9 Å². The van der Waals surface area contributed by atoms with Gasteiger partial charge in [0.1, 0.15) is 97.7 Å². The van der Waals surface area contributed by atoms with Crippen molar-refractivity contribution in [3.8, 4) is 0 Å². The van der Waals surface area contributed by atoms with Crippen LogP contribution in [-0.2, 0) is 62.5 Å². The van der Waals surface area contributed by atoms with Gasteiger partial charge in [-0.05, 0) is 0 Å². The van der Waals surface area contributed by atoms with Crippen LogP contribution in [0.25, 0.3) is 0 Å². The summed E-state index contributed by atoms with van der Waals surface area (Å²) in [6, 6.07) is 0. The second kappa shape index (κ2) is 53.7. The third-order valence-corrected chi connectivity index (χ3v) is 12.8. The van der Waals surface area contributed by atoms with Gasteiger partial charge < -0.3 is 167 Å². The quantitative estimate of drug-likeness (QED) is 0.0199. The molecule has 10 unspecified atom stereocenters. The van der Waals surface area contributed by atoms with Gasteiger partial charge in [0.05, 0.1) is 82.3 Å². The molecule has 571 valence electrons. The number of amides is 6. The molecular formula is C50H86GdN11O37. The molecule has 0 aliphatic heterocycles. The predicted octanol–water partition coefficient (Wildman–Crippen LogP) is -23.0. The largest absolute Gasteiger partial charge is 3.00 e. The van der Waals surface area contributed by atoms with Crippen LogP contribution >= 0.6 is 0 Å². The number of oxime groups is 4. The van der Waals surface area contributed by atoms with E-state index in [0.29, 0.717) is 34.7 Å². The molecule has 0 aromatic rings. The van der Waals surface area contributed by atoms with Crippen LogP contribution < -0.4 is 26.0 Å². The van der Waals surface area contributed by atoms with Crippen molar-refractivity contribution in [3.63, 3.8) is 0 Å². The predicted molar refractivity (Wildman–Crippen MR) is 310 cm³/mol. The van der Waals surface area contributed by atoms with Gasteiger partial charge in [-0.2, -0.15) is 0 Å². The molecule has 0 aromatic heterocycles. The third-order valence-electron chi connectivity index (χ3n) is 12.8. The van der Waals surface area contributed by atoms with Crippen LogP contribution in [0.15, 0.2) is 20.6 Å². The van der Waals surface area contributed by atoms with Gasteiger partial charge in [-0.15, -0.1) is 0 Å². The summed E-state index contributed by atoms with van der Waals surface area (Å²) in [6.45, 7) is -17.9. The smallest absolute Gasteiger partial charge is 0.549 e. The van der Waals surface area contributed by atoms with E-state index >= 15 is 0 Å². The maximum Gasteiger partial charge on any atom is 3.00 e. The minimum absolute atomic E-state index is 0. The standard InChI is InChI=1S/C50H87N11O36.Gd.H2O/c62-18-30(70)47(90)43(86)26(66)9-53-94-22-36(76)60(37(77)23-95-54-10-27(67)44(87)48(91)31(71)19-63)3-1-51-34(74)13-58(16-41(82)83)7-5-57(15-40(80)81)6-8-59(17-42(84)85)14-35(75)52-2-4-61(38(78)24-96-55-11-28(68)45(88)49(92)32(72)20-64)39(79)25-97-56-12-29(69)46(89)50(93)33(73)21-65;;/h9-12,26-33,43-50,62-73,86-93H,1-8,13-25H2,(H,51,74)(H,52,75)(H,80,81)(H,82,83)(H,84,85);;1H2/q;+3;/p-3/b53-9+,54-10+,55-11+,56-12+;;/t26?,27?,28?,29?,30?,31?,32?,33?,43-,44?,45-,46?,47-,48+,49+,50+;;/m0../s1. The van der Waals surface area contributed by atoms with E-state index in [9.17, 15) is 140 Å². The number of carboxylic acids is 3. The molecule has 0 heterocycles. The van der Waals surface area contributed by atoms with Gasteiger partial charge in [0.15, 0.2) is 26.4 Å². The molecule has 0 spiro atoms. The number of hydrogen-bond acceptors (Lipinski definition) is 43. The Morgan fingerprint density at radius 1 is 0.343 bits per heavy atom. The Morgan fingerprint density at radius 3 is 0.768 bits per heavy atom. The number of hydrogen-bond donors (Lipinski definition) is 22. The number of aliphatic hydroxyl groups is 20. The fraction of sp³-hybridized carbons (Fsp3) is 0.740. The molecule has 48 nitrogen and oxygen atoms in total. The molecular weight excluding hydrogens is 1500 g/mol. The van der Waals surface area contributed by atoms with E-state index in [1.807, 2.05) is 0 Å². The van der Waals surface area contributed by atoms with E-state index in [2.05, 4.69) is 31.3 Å². The summed E-state index contributed by atoms with van der Waals surface area (Å²) >= 11 is 0. The number of nitrogens with one attached hydrogen (secondary N) is 2. The molecule has 49 heteroatoms. The molecule has 0 fully saturated rings. The maximum atomic E-state index is 13.2. The third kappa shape index (κ3) is 40.2. The Balaban J connectivity index is -0.0000461. The van der Waals surface area contributed by atoms with E-state index in [0.717, 1.165) is 14.7 Å². The van der Waals surface area contributed by atoms with E-state index in [4.69, 9.17) is 39.8 Å². The van der Waals surface area contributed by atoms with Gasteiger partial charge in [0.25, 0.3) is 23.6 Å². The summed E-state index contributed by atoms with van der Waals surface area (Å²) in [5.74, 6) is -12.4. The Labute approximate surface area is 592 Å². The molecule has 0 aromatic carbocycles. The minimum atomic E-state index is -2.15. The molecule has 0 rings (SSSR count). The summed E-state index contributed by atoms with van der Waals surface area (Å²) in [5.41, 5.74) is 0. The second-order valence-corrected chi connectivity index (χ2v) is 20.4. The molecule has 1 radical (unpaired) electrons. The first kappa shape index (κ1) is 97.1. The van der Waals surface area contributed by atoms with Gasteiger partial charge in [0, 0.05) is 72.0 Å².